The highest BCUT2D eigenvalue weighted by Crippen LogP contribution is 2.27. The zero-order valence-electron chi connectivity index (χ0n) is 8.02. The summed E-state index contributed by atoms with van der Waals surface area (Å²) in [5.41, 5.74) is 0. The van der Waals surface area contributed by atoms with Crippen LogP contribution in [0.1, 0.15) is 6.92 Å². The van der Waals surface area contributed by atoms with E-state index in [4.69, 9.17) is 0 Å². The van der Waals surface area contributed by atoms with Crippen molar-refractivity contribution in [1.29, 1.82) is 0 Å². The number of rotatable bonds is 1. The Morgan fingerprint density at radius 3 is 1.41 bits per heavy atom. The van der Waals surface area contributed by atoms with Gasteiger partial charge in [-0.25, -0.2) is 30.4 Å². The van der Waals surface area contributed by atoms with E-state index in [-0.39, 0.29) is 0 Å². The number of halogens is 5. The fourth-order valence-electron chi connectivity index (χ4n) is 0.964. The second-order valence-corrected chi connectivity index (χ2v) is 4.88. The third kappa shape index (κ3) is 1.90. The van der Waals surface area contributed by atoms with Crippen LogP contribution < -0.4 is 0 Å². The van der Waals surface area contributed by atoms with Crippen LogP contribution in [0.3, 0.4) is 0 Å². The van der Waals surface area contributed by atoms with Gasteiger partial charge in [-0.3, -0.25) is 4.79 Å². The van der Waals surface area contributed by atoms with Crippen molar-refractivity contribution in [3.05, 3.63) is 29.1 Å². The van der Waals surface area contributed by atoms with Gasteiger partial charge in [-0.2, -0.15) is 0 Å². The Bertz CT molecular complexity index is 579. The van der Waals surface area contributed by atoms with Crippen molar-refractivity contribution in [1.82, 2.24) is 0 Å². The Labute approximate surface area is 91.8 Å². The van der Waals surface area contributed by atoms with E-state index in [2.05, 4.69) is 0 Å². The average Bonchev–Trinajstić information content (AvgIpc) is 2.23. The predicted molar refractivity (Wildman–Crippen MR) is 44.1 cm³/mol. The lowest BCUT2D eigenvalue weighted by molar-refractivity contribution is -0.109. The van der Waals surface area contributed by atoms with E-state index in [1.54, 1.807) is 0 Å². The first-order valence-electron chi connectivity index (χ1n) is 3.89. The summed E-state index contributed by atoms with van der Waals surface area (Å²) in [5, 5.41) is -1.74. The number of benzene rings is 1. The lowest BCUT2D eigenvalue weighted by Gasteiger charge is -2.06. The van der Waals surface area contributed by atoms with Crippen molar-refractivity contribution in [2.24, 2.45) is 0 Å². The van der Waals surface area contributed by atoms with E-state index in [9.17, 15) is 35.2 Å². The summed E-state index contributed by atoms with van der Waals surface area (Å²) in [5.74, 6) is -12.5. The lowest BCUT2D eigenvalue weighted by Crippen LogP contribution is -2.18. The summed E-state index contributed by atoms with van der Waals surface area (Å²) < 4.78 is 86.1. The van der Waals surface area contributed by atoms with Gasteiger partial charge in [0.1, 0.15) is 0 Å². The van der Waals surface area contributed by atoms with Gasteiger partial charge < -0.3 is 0 Å². The van der Waals surface area contributed by atoms with Crippen LogP contribution >= 0.6 is 0 Å². The molecule has 3 nitrogen and oxygen atoms in total. The Morgan fingerprint density at radius 2 is 1.12 bits per heavy atom. The molecular formula is C8H3F5O3S. The molecule has 94 valence electrons. The van der Waals surface area contributed by atoms with Gasteiger partial charge in [0.25, 0.3) is 0 Å². The average molecular weight is 274 g/mol. The number of hydrogen-bond acceptors (Lipinski definition) is 3. The Balaban J connectivity index is 3.86. The van der Waals surface area contributed by atoms with Crippen molar-refractivity contribution >= 4 is 15.0 Å². The molecule has 0 saturated carbocycles. The third-order valence-electron chi connectivity index (χ3n) is 1.82. The molecule has 0 saturated heterocycles. The molecule has 0 aliphatic heterocycles. The zero-order valence-corrected chi connectivity index (χ0v) is 8.84. The molecule has 0 fully saturated rings. The van der Waals surface area contributed by atoms with Gasteiger partial charge in [0.15, 0.2) is 28.2 Å². The third-order valence-corrected chi connectivity index (χ3v) is 3.47. The molecule has 0 unspecified atom stereocenters. The number of sulfone groups is 1. The maximum atomic E-state index is 13.0. The second kappa shape index (κ2) is 4.06. The molecule has 0 aromatic heterocycles. The van der Waals surface area contributed by atoms with Crippen LogP contribution in [0.25, 0.3) is 0 Å². The minimum atomic E-state index is -5.24. The van der Waals surface area contributed by atoms with Crippen molar-refractivity contribution in [2.45, 2.75) is 11.8 Å². The van der Waals surface area contributed by atoms with Crippen LogP contribution in [0.4, 0.5) is 22.0 Å². The Morgan fingerprint density at radius 1 is 0.824 bits per heavy atom. The number of hydrogen-bond donors (Lipinski definition) is 0. The smallest absolute Gasteiger partial charge is 0.248 e. The first-order chi connectivity index (χ1) is 7.62. The van der Waals surface area contributed by atoms with Crippen LogP contribution in [0, 0.1) is 29.1 Å². The van der Waals surface area contributed by atoms with Crippen LogP contribution in [-0.2, 0) is 14.6 Å². The van der Waals surface area contributed by atoms with Gasteiger partial charge in [-0.1, -0.05) is 0 Å². The fourth-order valence-corrected chi connectivity index (χ4v) is 1.90. The molecular weight excluding hydrogens is 271 g/mol. The van der Waals surface area contributed by atoms with Crippen molar-refractivity contribution in [2.75, 3.05) is 0 Å². The summed E-state index contributed by atoms with van der Waals surface area (Å²) in [6.45, 7) is 0.424. The van der Waals surface area contributed by atoms with Crippen molar-refractivity contribution in [3.63, 3.8) is 0 Å². The topological polar surface area (TPSA) is 51.2 Å². The number of carbonyl (C=O) groups is 1. The maximum absolute atomic E-state index is 13.0. The molecule has 0 spiro atoms. The molecule has 1 aromatic carbocycles. The summed E-state index contributed by atoms with van der Waals surface area (Å²) >= 11 is 0. The van der Waals surface area contributed by atoms with Crippen LogP contribution in [0.2, 0.25) is 0 Å². The van der Waals surface area contributed by atoms with Gasteiger partial charge in [0.2, 0.25) is 20.8 Å². The highest BCUT2D eigenvalue weighted by atomic mass is 32.2. The highest BCUT2D eigenvalue weighted by Gasteiger charge is 2.35. The first-order valence-corrected chi connectivity index (χ1v) is 5.37. The normalized spacial score (nSPS) is 11.6. The summed E-state index contributed by atoms with van der Waals surface area (Å²) in [4.78, 5) is 8.48. The highest BCUT2D eigenvalue weighted by molar-refractivity contribution is 8.06. The monoisotopic (exact) mass is 274 g/mol. The van der Waals surface area contributed by atoms with Gasteiger partial charge in [-0.05, 0) is 0 Å². The van der Waals surface area contributed by atoms with E-state index < -0.39 is 48.9 Å². The first kappa shape index (κ1) is 13.6. The van der Waals surface area contributed by atoms with E-state index in [0.717, 1.165) is 0 Å². The van der Waals surface area contributed by atoms with Gasteiger partial charge >= 0.3 is 0 Å². The van der Waals surface area contributed by atoms with Crippen molar-refractivity contribution < 1.29 is 35.2 Å². The minimum absolute atomic E-state index is 0.424. The van der Waals surface area contributed by atoms with E-state index in [0.29, 0.717) is 6.92 Å². The van der Waals surface area contributed by atoms with Gasteiger partial charge in [0, 0.05) is 6.92 Å². The summed E-state index contributed by atoms with van der Waals surface area (Å²) in [6.07, 6.45) is 0. The predicted octanol–water partition coefficient (Wildman–Crippen LogP) is 1.70. The Kier molecular flexibility index (Phi) is 3.24. The SMILES string of the molecule is CC(=O)S(=O)(=O)c1c(F)c(F)c(F)c(F)c1F. The Hall–Kier alpha value is -1.51. The van der Waals surface area contributed by atoms with Crippen LogP contribution in [0.5, 0.6) is 0 Å². The molecule has 17 heavy (non-hydrogen) atoms. The quantitative estimate of drug-likeness (QED) is 0.339. The molecule has 1 aromatic rings. The van der Waals surface area contributed by atoms with Gasteiger partial charge in [0.05, 0.1) is 0 Å². The molecule has 0 aliphatic carbocycles. The van der Waals surface area contributed by atoms with Crippen molar-refractivity contribution in [3.8, 4) is 0 Å². The molecule has 1 rings (SSSR count). The van der Waals surface area contributed by atoms with E-state index in [1.165, 1.54) is 0 Å². The van der Waals surface area contributed by atoms with Gasteiger partial charge in [-0.15, -0.1) is 0 Å². The lowest BCUT2D eigenvalue weighted by atomic mass is 10.3. The molecule has 0 radical (unpaired) electrons. The minimum Gasteiger partial charge on any atom is -0.282 e. The fraction of sp³-hybridized carbons (Fsp3) is 0.125. The molecule has 0 aliphatic rings. The molecule has 0 amide bonds. The number of carbonyl (C=O) groups excluding carboxylic acids is 1. The summed E-state index contributed by atoms with van der Waals surface area (Å²) in [7, 11) is -5.24. The molecule has 0 atom stereocenters. The standard InChI is InChI=1S/C8H3F5O3S/c1-2(14)17(15,16)8-6(12)4(10)3(9)5(11)7(8)13/h1H3. The maximum Gasteiger partial charge on any atom is 0.248 e. The second-order valence-electron chi connectivity index (χ2n) is 2.89. The molecule has 0 heterocycles. The van der Waals surface area contributed by atoms with E-state index >= 15 is 0 Å². The molecule has 0 bridgehead atoms. The molecule has 0 N–H and O–H groups in total. The van der Waals surface area contributed by atoms with Crippen LogP contribution in [-0.4, -0.2) is 13.5 Å². The zero-order chi connectivity index (χ0) is 13.5. The largest absolute Gasteiger partial charge is 0.282 e. The van der Waals surface area contributed by atoms with Crippen LogP contribution in [0.15, 0.2) is 4.90 Å². The van der Waals surface area contributed by atoms with E-state index in [1.807, 2.05) is 0 Å². The summed E-state index contributed by atoms with van der Waals surface area (Å²) in [6, 6.07) is 0. The molecule has 9 heteroatoms.